The minimum absolute atomic E-state index is 0.195. The normalized spacial score (nSPS) is 18.1. The van der Waals surface area contributed by atoms with Crippen molar-refractivity contribution in [1.82, 2.24) is 20.9 Å². The molecule has 0 spiro atoms. The van der Waals surface area contributed by atoms with Crippen LogP contribution in [0.15, 0.2) is 60.7 Å². The molecule has 0 unspecified atom stereocenters. The molecule has 1 saturated heterocycles. The number of carbonyl (C=O) groups is 3. The van der Waals surface area contributed by atoms with Crippen molar-refractivity contribution in [2.45, 2.75) is 76.4 Å². The van der Waals surface area contributed by atoms with Gasteiger partial charge in [0, 0.05) is 29.8 Å². The Kier molecular flexibility index (Phi) is 9.80. The summed E-state index contributed by atoms with van der Waals surface area (Å²) < 4.78 is 6.64. The topological polar surface area (TPSA) is 99.8 Å². The standard InChI is InChI=1S/C33H42N4O4S/c1-23(2)37-18-14-25(15-19-37)22-34-30(38)27(20-24-10-4-3-5-11-24)35-31(39)33(16-8-9-17-33)36-32(40)41-29-21-26-12-6-7-13-28(26)42-29/h3-7,10-13,21,23,25,27H,8-9,14-20,22H2,1-2H3,(H,34,38)(H,35,39)(H,36,40)/t27-/m1/s1. The second kappa shape index (κ2) is 13.7. The summed E-state index contributed by atoms with van der Waals surface area (Å²) in [6, 6.07) is 19.1. The summed E-state index contributed by atoms with van der Waals surface area (Å²) in [4.78, 5) is 42.8. The number of nitrogens with zero attached hydrogens (tertiary/aromatic N) is 1. The number of rotatable bonds is 10. The zero-order valence-corrected chi connectivity index (χ0v) is 25.4. The number of piperidine rings is 1. The summed E-state index contributed by atoms with van der Waals surface area (Å²) in [5, 5.41) is 10.5. The molecule has 224 valence electrons. The third-order valence-corrected chi connectivity index (χ3v) is 9.67. The summed E-state index contributed by atoms with van der Waals surface area (Å²) in [6.07, 6.45) is 4.40. The van der Waals surface area contributed by atoms with Gasteiger partial charge in [0.25, 0.3) is 0 Å². The van der Waals surface area contributed by atoms with Crippen LogP contribution in [0.25, 0.3) is 10.1 Å². The predicted octanol–water partition coefficient (Wildman–Crippen LogP) is 5.27. The van der Waals surface area contributed by atoms with E-state index in [1.165, 1.54) is 11.3 Å². The fraction of sp³-hybridized carbons (Fsp3) is 0.485. The quantitative estimate of drug-likeness (QED) is 0.299. The van der Waals surface area contributed by atoms with E-state index in [2.05, 4.69) is 34.7 Å². The molecule has 2 heterocycles. The number of thiophene rings is 1. The summed E-state index contributed by atoms with van der Waals surface area (Å²) in [5.41, 5.74) is -0.159. The molecule has 3 N–H and O–H groups in total. The molecule has 8 nitrogen and oxygen atoms in total. The van der Waals surface area contributed by atoms with Gasteiger partial charge < -0.3 is 25.6 Å². The number of ether oxygens (including phenoxy) is 1. The zero-order valence-electron chi connectivity index (χ0n) is 24.6. The summed E-state index contributed by atoms with van der Waals surface area (Å²) >= 11 is 1.39. The van der Waals surface area contributed by atoms with Gasteiger partial charge in [0.1, 0.15) is 11.6 Å². The molecule has 42 heavy (non-hydrogen) atoms. The van der Waals surface area contributed by atoms with Gasteiger partial charge in [-0.2, -0.15) is 0 Å². The van der Waals surface area contributed by atoms with E-state index in [1.54, 1.807) is 0 Å². The van der Waals surface area contributed by atoms with Crippen molar-refractivity contribution in [2.24, 2.45) is 5.92 Å². The van der Waals surface area contributed by atoms with Gasteiger partial charge in [0.15, 0.2) is 5.06 Å². The molecule has 1 aliphatic heterocycles. The first-order valence-electron chi connectivity index (χ1n) is 15.2. The fourth-order valence-corrected chi connectivity index (χ4v) is 7.02. The molecule has 2 aromatic carbocycles. The lowest BCUT2D eigenvalue weighted by Crippen LogP contribution is -2.61. The second-order valence-corrected chi connectivity index (χ2v) is 13.0. The maximum absolute atomic E-state index is 13.8. The number of amides is 3. The molecule has 9 heteroatoms. The van der Waals surface area contributed by atoms with Crippen molar-refractivity contribution < 1.29 is 19.1 Å². The van der Waals surface area contributed by atoms with Crippen LogP contribution in [0.2, 0.25) is 0 Å². The van der Waals surface area contributed by atoms with Gasteiger partial charge in [0.2, 0.25) is 11.8 Å². The second-order valence-electron chi connectivity index (χ2n) is 11.9. The Bertz CT molecular complexity index is 1330. The van der Waals surface area contributed by atoms with Crippen molar-refractivity contribution in [1.29, 1.82) is 0 Å². The van der Waals surface area contributed by atoms with Gasteiger partial charge in [-0.15, -0.1) is 0 Å². The Morgan fingerprint density at radius 1 is 1.00 bits per heavy atom. The number of likely N-dealkylation sites (tertiary alicyclic amines) is 1. The average Bonchev–Trinajstić information content (AvgIpc) is 3.63. The Morgan fingerprint density at radius 2 is 1.69 bits per heavy atom. The first-order chi connectivity index (χ1) is 20.3. The van der Waals surface area contributed by atoms with Crippen molar-refractivity contribution >= 4 is 39.3 Å². The number of carbonyl (C=O) groups excluding carboxylic acids is 3. The molecule has 0 bridgehead atoms. The highest BCUT2D eigenvalue weighted by Crippen LogP contribution is 2.33. The van der Waals surface area contributed by atoms with E-state index in [-0.39, 0.29) is 11.8 Å². The smallest absolute Gasteiger partial charge is 0.399 e. The predicted molar refractivity (Wildman–Crippen MR) is 167 cm³/mol. The van der Waals surface area contributed by atoms with Gasteiger partial charge in [-0.3, -0.25) is 9.59 Å². The van der Waals surface area contributed by atoms with E-state index in [0.717, 1.165) is 54.4 Å². The summed E-state index contributed by atoms with van der Waals surface area (Å²) in [7, 11) is 0. The van der Waals surface area contributed by atoms with Gasteiger partial charge >= 0.3 is 6.09 Å². The number of hydrogen-bond donors (Lipinski definition) is 3. The van der Waals surface area contributed by atoms with Crippen LogP contribution in [-0.2, 0) is 16.0 Å². The Balaban J connectivity index is 1.24. The molecule has 5 rings (SSSR count). The lowest BCUT2D eigenvalue weighted by atomic mass is 9.94. The van der Waals surface area contributed by atoms with Crippen molar-refractivity contribution in [3.8, 4) is 5.06 Å². The van der Waals surface area contributed by atoms with Gasteiger partial charge in [-0.05, 0) is 75.6 Å². The van der Waals surface area contributed by atoms with Crippen LogP contribution < -0.4 is 20.7 Å². The largest absolute Gasteiger partial charge is 0.414 e. The minimum Gasteiger partial charge on any atom is -0.399 e. The van der Waals surface area contributed by atoms with E-state index in [0.29, 0.717) is 42.8 Å². The number of hydrogen-bond acceptors (Lipinski definition) is 6. The van der Waals surface area contributed by atoms with E-state index in [1.807, 2.05) is 60.7 Å². The lowest BCUT2D eigenvalue weighted by molar-refractivity contribution is -0.132. The molecular formula is C33H42N4O4S. The molecule has 1 atom stereocenters. The average molecular weight is 591 g/mol. The van der Waals surface area contributed by atoms with Crippen LogP contribution in [0.4, 0.5) is 4.79 Å². The van der Waals surface area contributed by atoms with E-state index in [4.69, 9.17) is 4.74 Å². The highest BCUT2D eigenvalue weighted by atomic mass is 32.1. The maximum Gasteiger partial charge on any atom is 0.414 e. The molecule has 3 amide bonds. The molecule has 0 radical (unpaired) electrons. The molecule has 1 aromatic heterocycles. The molecule has 3 aromatic rings. The Morgan fingerprint density at radius 3 is 2.38 bits per heavy atom. The van der Waals surface area contributed by atoms with Crippen LogP contribution in [-0.4, -0.2) is 60.1 Å². The van der Waals surface area contributed by atoms with Crippen LogP contribution in [0, 0.1) is 5.92 Å². The Hall–Kier alpha value is -3.43. The molecule has 1 aliphatic carbocycles. The fourth-order valence-electron chi connectivity index (χ4n) is 6.10. The number of benzene rings is 2. The van der Waals surface area contributed by atoms with Gasteiger partial charge in [0.05, 0.1) is 0 Å². The molecular weight excluding hydrogens is 548 g/mol. The molecule has 1 saturated carbocycles. The van der Waals surface area contributed by atoms with E-state index < -0.39 is 17.7 Å². The molecule has 2 aliphatic rings. The SMILES string of the molecule is CC(C)N1CCC(CNC(=O)[C@@H](Cc2ccccc2)NC(=O)C2(NC(=O)Oc3cc4ccccc4s3)CCCC2)CC1. The highest BCUT2D eigenvalue weighted by molar-refractivity contribution is 7.20. The van der Waals surface area contributed by atoms with Gasteiger partial charge in [-0.1, -0.05) is 72.7 Å². The van der Waals surface area contributed by atoms with Crippen LogP contribution in [0.5, 0.6) is 5.06 Å². The molecule has 2 fully saturated rings. The van der Waals surface area contributed by atoms with Gasteiger partial charge in [-0.25, -0.2) is 4.79 Å². The third-order valence-electron chi connectivity index (χ3n) is 8.68. The lowest BCUT2D eigenvalue weighted by Gasteiger charge is -2.35. The minimum atomic E-state index is -1.12. The first-order valence-corrected chi connectivity index (χ1v) is 16.0. The number of nitrogens with one attached hydrogen (secondary N) is 3. The van der Waals surface area contributed by atoms with E-state index >= 15 is 0 Å². The maximum atomic E-state index is 13.8. The van der Waals surface area contributed by atoms with Crippen molar-refractivity contribution in [3.05, 3.63) is 66.2 Å². The summed E-state index contributed by atoms with van der Waals surface area (Å²) in [6.45, 7) is 7.10. The number of fused-ring (bicyclic) bond motifs is 1. The zero-order chi connectivity index (χ0) is 29.5. The van der Waals surface area contributed by atoms with Crippen molar-refractivity contribution in [2.75, 3.05) is 19.6 Å². The van der Waals surface area contributed by atoms with Crippen LogP contribution in [0.3, 0.4) is 0 Å². The Labute approximate surface area is 252 Å². The summed E-state index contributed by atoms with van der Waals surface area (Å²) in [5.74, 6) is -0.113. The third kappa shape index (κ3) is 7.50. The highest BCUT2D eigenvalue weighted by Gasteiger charge is 2.44. The monoisotopic (exact) mass is 590 g/mol. The first kappa shape index (κ1) is 30.0. The van der Waals surface area contributed by atoms with Crippen LogP contribution >= 0.6 is 11.3 Å². The van der Waals surface area contributed by atoms with Crippen LogP contribution in [0.1, 0.15) is 57.9 Å². The van der Waals surface area contributed by atoms with E-state index in [9.17, 15) is 14.4 Å². The van der Waals surface area contributed by atoms with Crippen molar-refractivity contribution in [3.63, 3.8) is 0 Å².